The number of ether oxygens (including phenoxy) is 1. The van der Waals surface area contributed by atoms with E-state index in [1.165, 1.54) is 30.4 Å². The number of benzene rings is 3. The third-order valence-corrected chi connectivity index (χ3v) is 8.06. The number of amides is 1. The Hall–Kier alpha value is -3.09. The summed E-state index contributed by atoms with van der Waals surface area (Å²) in [6, 6.07) is 26.5. The molecule has 36 heavy (non-hydrogen) atoms. The molecular weight excluding hydrogens is 466 g/mol. The molecule has 0 radical (unpaired) electrons. The molecule has 2 aliphatic heterocycles. The third kappa shape index (κ3) is 6.99. The van der Waals surface area contributed by atoms with E-state index in [-0.39, 0.29) is 5.91 Å². The molecule has 0 aromatic heterocycles. The highest BCUT2D eigenvalue weighted by Crippen LogP contribution is 2.24. The predicted molar refractivity (Wildman–Crippen MR) is 148 cm³/mol. The van der Waals surface area contributed by atoms with Crippen molar-refractivity contribution in [2.24, 2.45) is 11.0 Å². The minimum Gasteiger partial charge on any atom is -0.489 e. The molecule has 1 N–H and O–H groups in total. The Morgan fingerprint density at radius 3 is 2.47 bits per heavy atom. The molecule has 3 aromatic rings. The van der Waals surface area contributed by atoms with Gasteiger partial charge in [0.1, 0.15) is 11.9 Å². The van der Waals surface area contributed by atoms with Crippen LogP contribution < -0.4 is 10.2 Å². The lowest BCUT2D eigenvalue weighted by Gasteiger charge is -2.32. The highest BCUT2D eigenvalue weighted by atomic mass is 32.2. The Kier molecular flexibility index (Phi) is 8.36. The lowest BCUT2D eigenvalue weighted by Crippen LogP contribution is -2.33. The molecule has 0 bridgehead atoms. The molecule has 5 nitrogen and oxygen atoms in total. The van der Waals surface area contributed by atoms with Gasteiger partial charge in [-0.15, -0.1) is 0 Å². The molecule has 0 spiro atoms. The lowest BCUT2D eigenvalue weighted by atomic mass is 9.90. The molecule has 0 atom stereocenters. The summed E-state index contributed by atoms with van der Waals surface area (Å²) in [6.45, 7) is 3.18. The van der Waals surface area contributed by atoms with Crippen molar-refractivity contribution >= 4 is 23.9 Å². The van der Waals surface area contributed by atoms with Gasteiger partial charge in [-0.05, 0) is 79.2 Å². The van der Waals surface area contributed by atoms with Crippen LogP contribution in [0.1, 0.15) is 39.9 Å². The number of nitrogens with one attached hydrogen (secondary N) is 1. The van der Waals surface area contributed by atoms with Crippen molar-refractivity contribution in [1.29, 1.82) is 0 Å². The van der Waals surface area contributed by atoms with E-state index in [1.54, 1.807) is 6.21 Å². The smallest absolute Gasteiger partial charge is 0.271 e. The molecule has 0 unspecified atom stereocenters. The van der Waals surface area contributed by atoms with E-state index >= 15 is 0 Å². The maximum atomic E-state index is 12.5. The summed E-state index contributed by atoms with van der Waals surface area (Å²) in [5, 5.41) is 4.13. The Bertz CT molecular complexity index is 1150. The van der Waals surface area contributed by atoms with Crippen LogP contribution in [0, 0.1) is 5.92 Å². The molecule has 0 aliphatic carbocycles. The maximum Gasteiger partial charge on any atom is 0.271 e. The van der Waals surface area contributed by atoms with Gasteiger partial charge in [0.15, 0.2) is 0 Å². The molecule has 0 saturated carbocycles. The molecule has 2 heterocycles. The van der Waals surface area contributed by atoms with Gasteiger partial charge in [-0.2, -0.15) is 16.9 Å². The van der Waals surface area contributed by atoms with Gasteiger partial charge in [0.2, 0.25) is 0 Å². The topological polar surface area (TPSA) is 53.9 Å². The summed E-state index contributed by atoms with van der Waals surface area (Å²) in [7, 11) is 0. The Balaban J connectivity index is 1.06. The van der Waals surface area contributed by atoms with Crippen LogP contribution in [0.5, 0.6) is 5.75 Å². The SMILES string of the molecule is O=C(N/N=C\c1cccc(OC2CSC2)c1)c1ccc(CN2CCC(Cc3ccccc3)CC2)cc1. The van der Waals surface area contributed by atoms with Crippen LogP contribution in [-0.4, -0.2) is 47.7 Å². The third-order valence-electron chi connectivity index (χ3n) is 6.84. The van der Waals surface area contributed by atoms with Gasteiger partial charge in [0.25, 0.3) is 5.91 Å². The summed E-state index contributed by atoms with van der Waals surface area (Å²) in [5.41, 5.74) is 6.81. The fourth-order valence-electron chi connectivity index (χ4n) is 4.69. The second-order valence-electron chi connectivity index (χ2n) is 9.66. The van der Waals surface area contributed by atoms with E-state index in [0.29, 0.717) is 11.7 Å². The normalized spacial score (nSPS) is 17.1. The van der Waals surface area contributed by atoms with Crippen LogP contribution in [0.15, 0.2) is 84.0 Å². The van der Waals surface area contributed by atoms with Crippen molar-refractivity contribution < 1.29 is 9.53 Å². The first-order chi connectivity index (χ1) is 17.7. The molecule has 5 rings (SSSR count). The number of piperidine rings is 1. The number of carbonyl (C=O) groups is 1. The van der Waals surface area contributed by atoms with Crippen molar-refractivity contribution in [3.05, 3.63) is 101 Å². The summed E-state index contributed by atoms with van der Waals surface area (Å²) in [4.78, 5) is 15.0. The average Bonchev–Trinajstić information content (AvgIpc) is 2.89. The molecule has 6 heteroatoms. The van der Waals surface area contributed by atoms with E-state index in [4.69, 9.17) is 4.74 Å². The Morgan fingerprint density at radius 2 is 1.75 bits per heavy atom. The maximum absolute atomic E-state index is 12.5. The number of rotatable bonds is 9. The van der Waals surface area contributed by atoms with Gasteiger partial charge in [-0.3, -0.25) is 9.69 Å². The summed E-state index contributed by atoms with van der Waals surface area (Å²) in [5.74, 6) is 3.48. The number of thioether (sulfide) groups is 1. The lowest BCUT2D eigenvalue weighted by molar-refractivity contribution is 0.0955. The minimum absolute atomic E-state index is 0.210. The van der Waals surface area contributed by atoms with E-state index < -0.39 is 0 Å². The molecular formula is C30H33N3O2S. The molecule has 2 saturated heterocycles. The molecule has 2 aliphatic rings. The minimum atomic E-state index is -0.210. The highest BCUT2D eigenvalue weighted by molar-refractivity contribution is 8.00. The van der Waals surface area contributed by atoms with E-state index in [1.807, 2.05) is 60.3 Å². The summed E-state index contributed by atoms with van der Waals surface area (Å²) in [6.07, 6.45) is 5.61. The largest absolute Gasteiger partial charge is 0.489 e. The zero-order valence-electron chi connectivity index (χ0n) is 20.5. The van der Waals surface area contributed by atoms with Gasteiger partial charge < -0.3 is 4.74 Å². The van der Waals surface area contributed by atoms with Crippen LogP contribution in [-0.2, 0) is 13.0 Å². The number of carbonyl (C=O) groups excluding carboxylic acids is 1. The van der Waals surface area contributed by atoms with Crippen molar-refractivity contribution in [2.45, 2.75) is 31.9 Å². The fraction of sp³-hybridized carbons (Fsp3) is 0.333. The first-order valence-corrected chi connectivity index (χ1v) is 13.9. The van der Waals surface area contributed by atoms with Gasteiger partial charge in [0, 0.05) is 23.6 Å². The zero-order chi connectivity index (χ0) is 24.6. The Labute approximate surface area is 217 Å². The monoisotopic (exact) mass is 499 g/mol. The number of nitrogens with zero attached hydrogens (tertiary/aromatic N) is 2. The van der Waals surface area contributed by atoms with Crippen LogP contribution in [0.2, 0.25) is 0 Å². The van der Waals surface area contributed by atoms with E-state index in [2.05, 4.69) is 45.8 Å². The highest BCUT2D eigenvalue weighted by Gasteiger charge is 2.20. The molecule has 186 valence electrons. The second-order valence-corrected chi connectivity index (χ2v) is 10.7. The first kappa shape index (κ1) is 24.6. The van der Waals surface area contributed by atoms with E-state index in [0.717, 1.165) is 48.4 Å². The van der Waals surface area contributed by atoms with Gasteiger partial charge in [-0.1, -0.05) is 54.6 Å². The molecule has 3 aromatic carbocycles. The summed E-state index contributed by atoms with van der Waals surface area (Å²) < 4.78 is 5.91. The van der Waals surface area contributed by atoms with Crippen LogP contribution in [0.25, 0.3) is 0 Å². The van der Waals surface area contributed by atoms with Gasteiger partial charge >= 0.3 is 0 Å². The van der Waals surface area contributed by atoms with Gasteiger partial charge in [0.05, 0.1) is 6.21 Å². The molecule has 2 fully saturated rings. The van der Waals surface area contributed by atoms with Crippen LogP contribution >= 0.6 is 11.8 Å². The second kappa shape index (κ2) is 12.2. The van der Waals surface area contributed by atoms with Crippen molar-refractivity contribution in [1.82, 2.24) is 10.3 Å². The van der Waals surface area contributed by atoms with Crippen LogP contribution in [0.4, 0.5) is 0 Å². The van der Waals surface area contributed by atoms with Crippen molar-refractivity contribution in [2.75, 3.05) is 24.6 Å². The summed E-state index contributed by atoms with van der Waals surface area (Å²) >= 11 is 1.89. The van der Waals surface area contributed by atoms with Crippen molar-refractivity contribution in [3.63, 3.8) is 0 Å². The number of hydrogen-bond donors (Lipinski definition) is 1. The number of hydrazone groups is 1. The average molecular weight is 500 g/mol. The first-order valence-electron chi connectivity index (χ1n) is 12.7. The van der Waals surface area contributed by atoms with E-state index in [9.17, 15) is 4.79 Å². The van der Waals surface area contributed by atoms with Gasteiger partial charge in [-0.25, -0.2) is 5.43 Å². The van der Waals surface area contributed by atoms with Crippen molar-refractivity contribution in [3.8, 4) is 5.75 Å². The number of hydrogen-bond acceptors (Lipinski definition) is 5. The molecule has 1 amide bonds. The number of likely N-dealkylation sites (tertiary alicyclic amines) is 1. The predicted octanol–water partition coefficient (Wildman–Crippen LogP) is 5.40. The zero-order valence-corrected chi connectivity index (χ0v) is 21.3. The fourth-order valence-corrected chi connectivity index (χ4v) is 5.25. The standard InChI is InChI=1S/C30H33N3O2S/c34-30(32-31-19-26-7-4-8-28(18-26)35-29-21-36-22-29)27-11-9-25(10-12-27)20-33-15-13-24(14-16-33)17-23-5-2-1-3-6-23/h1-12,18-19,24,29H,13-17,20-22H2,(H,32,34)/b31-19-. The van der Waals surface area contributed by atoms with Crippen LogP contribution in [0.3, 0.4) is 0 Å². The quantitative estimate of drug-likeness (QED) is 0.316. The Morgan fingerprint density at radius 1 is 0.972 bits per heavy atom.